The van der Waals surface area contributed by atoms with Crippen LogP contribution in [-0.4, -0.2) is 41.4 Å². The fourth-order valence-electron chi connectivity index (χ4n) is 4.07. The SMILES string of the molecule is CN1C=C(c2ccc3c(c2)N2C(=O)CCC2C(=O)N3)C2C=CN=C2C1=O. The Morgan fingerprint density at radius 1 is 1.23 bits per heavy atom. The summed E-state index contributed by atoms with van der Waals surface area (Å²) in [6, 6.07) is 5.21. The average Bonchev–Trinajstić information content (AvgIpc) is 3.26. The molecule has 0 radical (unpaired) electrons. The quantitative estimate of drug-likeness (QED) is 0.836. The first-order chi connectivity index (χ1) is 12.5. The summed E-state index contributed by atoms with van der Waals surface area (Å²) in [5, 5.41) is 2.89. The molecule has 4 heterocycles. The maximum absolute atomic E-state index is 12.3. The number of amides is 3. The van der Waals surface area contributed by atoms with E-state index in [4.69, 9.17) is 0 Å². The number of anilines is 2. The maximum atomic E-state index is 12.3. The number of carbonyl (C=O) groups is 3. The van der Waals surface area contributed by atoms with Gasteiger partial charge in [0.2, 0.25) is 11.8 Å². The minimum atomic E-state index is -0.432. The standard InChI is InChI=1S/C19H16N4O3/c1-22-9-12(11-6-7-20-17(11)19(22)26)10-2-3-13-15(8-10)23-14(18(25)21-13)4-5-16(23)24/h2-3,6-9,11,14H,4-5H2,1H3,(H,21,25). The summed E-state index contributed by atoms with van der Waals surface area (Å²) in [4.78, 5) is 44.1. The van der Waals surface area contributed by atoms with Gasteiger partial charge in [-0.2, -0.15) is 0 Å². The molecule has 0 saturated carbocycles. The molecule has 7 nitrogen and oxygen atoms in total. The molecule has 3 amide bonds. The third-order valence-electron chi connectivity index (χ3n) is 5.36. The van der Waals surface area contributed by atoms with Gasteiger partial charge in [0.25, 0.3) is 5.91 Å². The van der Waals surface area contributed by atoms with Gasteiger partial charge >= 0.3 is 0 Å². The summed E-state index contributed by atoms with van der Waals surface area (Å²) in [5.74, 6) is -0.452. The van der Waals surface area contributed by atoms with Gasteiger partial charge < -0.3 is 10.2 Å². The van der Waals surface area contributed by atoms with Gasteiger partial charge in [-0.15, -0.1) is 0 Å². The molecule has 1 saturated heterocycles. The van der Waals surface area contributed by atoms with Crippen LogP contribution in [0.4, 0.5) is 11.4 Å². The van der Waals surface area contributed by atoms with Gasteiger partial charge in [0.1, 0.15) is 11.8 Å². The number of nitrogens with zero attached hydrogens (tertiary/aromatic N) is 3. The molecule has 0 aromatic heterocycles. The Balaban J connectivity index is 1.62. The smallest absolute Gasteiger partial charge is 0.272 e. The van der Waals surface area contributed by atoms with Crippen molar-refractivity contribution in [2.45, 2.75) is 18.9 Å². The van der Waals surface area contributed by atoms with Crippen molar-refractivity contribution in [2.75, 3.05) is 17.3 Å². The fraction of sp³-hybridized carbons (Fsp3) is 0.263. The lowest BCUT2D eigenvalue weighted by Gasteiger charge is -2.33. The molecule has 1 fully saturated rings. The van der Waals surface area contributed by atoms with Crippen molar-refractivity contribution in [1.29, 1.82) is 0 Å². The first kappa shape index (κ1) is 15.1. The highest BCUT2D eigenvalue weighted by Crippen LogP contribution is 2.41. The Labute approximate surface area is 149 Å². The van der Waals surface area contributed by atoms with Crippen molar-refractivity contribution >= 4 is 40.4 Å². The number of allylic oxidation sites excluding steroid dienone is 2. The second-order valence-corrected chi connectivity index (χ2v) is 6.87. The molecule has 1 aromatic carbocycles. The van der Waals surface area contributed by atoms with Crippen molar-refractivity contribution in [3.05, 3.63) is 42.2 Å². The van der Waals surface area contributed by atoms with E-state index in [1.807, 2.05) is 30.5 Å². The van der Waals surface area contributed by atoms with E-state index < -0.39 is 6.04 Å². The van der Waals surface area contributed by atoms with E-state index in [1.165, 1.54) is 4.90 Å². The average molecular weight is 348 g/mol. The zero-order valence-electron chi connectivity index (χ0n) is 14.1. The number of carbonyl (C=O) groups excluding carboxylic acids is 3. The van der Waals surface area contributed by atoms with Crippen molar-refractivity contribution in [3.63, 3.8) is 0 Å². The predicted molar refractivity (Wildman–Crippen MR) is 96.4 cm³/mol. The third kappa shape index (κ3) is 1.94. The largest absolute Gasteiger partial charge is 0.322 e. The van der Waals surface area contributed by atoms with Crippen LogP contribution < -0.4 is 10.2 Å². The van der Waals surface area contributed by atoms with Crippen LogP contribution in [0.2, 0.25) is 0 Å². The Hall–Kier alpha value is -3.22. The number of fused-ring (bicyclic) bond motifs is 4. The van der Waals surface area contributed by atoms with Crippen molar-refractivity contribution in [3.8, 4) is 0 Å². The number of rotatable bonds is 1. The highest BCUT2D eigenvalue weighted by atomic mass is 16.2. The zero-order chi connectivity index (χ0) is 18.0. The van der Waals surface area contributed by atoms with Gasteiger partial charge in [-0.1, -0.05) is 12.1 Å². The molecule has 5 rings (SSSR count). The summed E-state index contributed by atoms with van der Waals surface area (Å²) in [5.41, 5.74) is 3.72. The van der Waals surface area contributed by atoms with Crippen LogP contribution >= 0.6 is 0 Å². The van der Waals surface area contributed by atoms with Crippen molar-refractivity contribution < 1.29 is 14.4 Å². The van der Waals surface area contributed by atoms with Crippen LogP contribution in [0.3, 0.4) is 0 Å². The molecule has 7 heteroatoms. The van der Waals surface area contributed by atoms with E-state index in [0.29, 0.717) is 24.2 Å². The second kappa shape index (κ2) is 5.14. The molecule has 1 aromatic rings. The lowest BCUT2D eigenvalue weighted by Crippen LogP contribution is -2.45. The summed E-state index contributed by atoms with van der Waals surface area (Å²) in [7, 11) is 1.71. The molecule has 2 atom stereocenters. The molecule has 1 N–H and O–H groups in total. The molecular formula is C19H16N4O3. The Kier molecular flexibility index (Phi) is 2.98. The summed E-state index contributed by atoms with van der Waals surface area (Å²) in [6.45, 7) is 0. The van der Waals surface area contributed by atoms with Gasteiger partial charge in [-0.05, 0) is 29.7 Å². The summed E-state index contributed by atoms with van der Waals surface area (Å²) in [6.07, 6.45) is 6.29. The molecule has 4 aliphatic heterocycles. The molecule has 0 spiro atoms. The van der Waals surface area contributed by atoms with E-state index in [-0.39, 0.29) is 23.6 Å². The topological polar surface area (TPSA) is 82.1 Å². The number of hydrogen-bond donors (Lipinski definition) is 1. The highest BCUT2D eigenvalue weighted by molar-refractivity contribution is 6.44. The zero-order valence-corrected chi connectivity index (χ0v) is 14.1. The lowest BCUT2D eigenvalue weighted by molar-refractivity contribution is -0.121. The Bertz CT molecular complexity index is 975. The fourth-order valence-corrected chi connectivity index (χ4v) is 4.07. The molecule has 2 unspecified atom stereocenters. The number of nitrogens with one attached hydrogen (secondary N) is 1. The van der Waals surface area contributed by atoms with Crippen LogP contribution in [0, 0.1) is 5.92 Å². The van der Waals surface area contributed by atoms with Crippen LogP contribution in [0.1, 0.15) is 18.4 Å². The number of benzene rings is 1. The Morgan fingerprint density at radius 2 is 2.08 bits per heavy atom. The summed E-state index contributed by atoms with van der Waals surface area (Å²) < 4.78 is 0. The van der Waals surface area contributed by atoms with Crippen molar-refractivity contribution in [2.24, 2.45) is 10.9 Å². The molecular weight excluding hydrogens is 332 g/mol. The van der Waals surface area contributed by atoms with Gasteiger partial charge in [0.05, 0.1) is 17.3 Å². The van der Waals surface area contributed by atoms with Crippen LogP contribution in [0.25, 0.3) is 5.57 Å². The van der Waals surface area contributed by atoms with Crippen LogP contribution in [0.5, 0.6) is 0 Å². The minimum absolute atomic E-state index is 0.0313. The van der Waals surface area contributed by atoms with Crippen molar-refractivity contribution in [1.82, 2.24) is 4.90 Å². The van der Waals surface area contributed by atoms with Gasteiger partial charge in [0.15, 0.2) is 0 Å². The van der Waals surface area contributed by atoms with Gasteiger partial charge in [0, 0.05) is 25.9 Å². The highest BCUT2D eigenvalue weighted by Gasteiger charge is 2.42. The normalized spacial score (nSPS) is 26.3. The number of aliphatic imine (C=N–C) groups is 1. The van der Waals surface area contributed by atoms with E-state index in [1.54, 1.807) is 18.1 Å². The first-order valence-corrected chi connectivity index (χ1v) is 8.55. The van der Waals surface area contributed by atoms with Crippen LogP contribution in [-0.2, 0) is 14.4 Å². The van der Waals surface area contributed by atoms with Gasteiger partial charge in [-0.3, -0.25) is 24.3 Å². The van der Waals surface area contributed by atoms with E-state index in [2.05, 4.69) is 10.3 Å². The second-order valence-electron chi connectivity index (χ2n) is 6.87. The van der Waals surface area contributed by atoms with Crippen LogP contribution in [0.15, 0.2) is 41.7 Å². The molecule has 26 heavy (non-hydrogen) atoms. The summed E-state index contributed by atoms with van der Waals surface area (Å²) >= 11 is 0. The van der Waals surface area contributed by atoms with Gasteiger partial charge in [-0.25, -0.2) is 0 Å². The number of hydrogen-bond acceptors (Lipinski definition) is 4. The molecule has 0 aliphatic carbocycles. The lowest BCUT2D eigenvalue weighted by atomic mass is 9.86. The molecule has 130 valence electrons. The molecule has 0 bridgehead atoms. The van der Waals surface area contributed by atoms with E-state index >= 15 is 0 Å². The minimum Gasteiger partial charge on any atom is -0.322 e. The third-order valence-corrected chi connectivity index (χ3v) is 5.36. The predicted octanol–water partition coefficient (Wildman–Crippen LogP) is 1.53. The molecule has 4 aliphatic rings. The van der Waals surface area contributed by atoms with E-state index in [9.17, 15) is 14.4 Å². The van der Waals surface area contributed by atoms with E-state index in [0.717, 1.165) is 16.8 Å². The maximum Gasteiger partial charge on any atom is 0.272 e. The Morgan fingerprint density at radius 3 is 2.92 bits per heavy atom. The first-order valence-electron chi connectivity index (χ1n) is 8.55. The monoisotopic (exact) mass is 348 g/mol.